The number of nitrogens with one attached hydrogen (secondary N) is 1. The summed E-state index contributed by atoms with van der Waals surface area (Å²) in [6.07, 6.45) is 0.795. The number of benzene rings is 1. The van der Waals surface area contributed by atoms with Gasteiger partial charge in [-0.1, -0.05) is 16.8 Å². The Kier molecular flexibility index (Phi) is 3.14. The molecule has 0 saturated carbocycles. The van der Waals surface area contributed by atoms with Crippen molar-refractivity contribution in [2.45, 2.75) is 26.4 Å². The Bertz CT molecular complexity index is 681. The summed E-state index contributed by atoms with van der Waals surface area (Å²) in [5, 5.41) is 6.92. The largest absolute Gasteiger partial charge is 0.489 e. The number of rotatable bonds is 2. The maximum absolute atomic E-state index is 12.3. The van der Waals surface area contributed by atoms with Crippen molar-refractivity contribution in [3.8, 4) is 5.75 Å². The first kappa shape index (κ1) is 13.0. The zero-order valence-corrected chi connectivity index (χ0v) is 11.8. The third-order valence-electron chi connectivity index (χ3n) is 3.07. The quantitative estimate of drug-likeness (QED) is 0.923. The van der Waals surface area contributed by atoms with Crippen molar-refractivity contribution in [3.63, 3.8) is 0 Å². The van der Waals surface area contributed by atoms with E-state index in [0.717, 1.165) is 12.0 Å². The number of amides is 1. The van der Waals surface area contributed by atoms with Crippen LogP contribution in [0, 0.1) is 6.92 Å². The number of hydrogen-bond donors (Lipinski definition) is 1. The fourth-order valence-electron chi connectivity index (χ4n) is 2.27. The Balaban J connectivity index is 1.92. The maximum atomic E-state index is 12.3. The molecule has 104 valence electrons. The van der Waals surface area contributed by atoms with Crippen molar-refractivity contribution in [3.05, 3.63) is 40.1 Å². The summed E-state index contributed by atoms with van der Waals surface area (Å²) in [6.45, 7) is 3.71. The van der Waals surface area contributed by atoms with Crippen molar-refractivity contribution in [2.75, 3.05) is 5.32 Å². The van der Waals surface area contributed by atoms with Crippen LogP contribution in [0.1, 0.15) is 28.6 Å². The molecule has 3 rings (SSSR count). The molecule has 1 N–H and O–H groups in total. The van der Waals surface area contributed by atoms with E-state index in [0.29, 0.717) is 27.9 Å². The number of carbonyl (C=O) groups excluding carboxylic acids is 1. The van der Waals surface area contributed by atoms with Gasteiger partial charge in [0, 0.05) is 23.1 Å². The predicted octanol–water partition coefficient (Wildman–Crippen LogP) is 3.21. The van der Waals surface area contributed by atoms with Gasteiger partial charge in [0.25, 0.3) is 5.91 Å². The van der Waals surface area contributed by atoms with Gasteiger partial charge in [0.1, 0.15) is 17.6 Å². The summed E-state index contributed by atoms with van der Waals surface area (Å²) < 4.78 is 10.6. The van der Waals surface area contributed by atoms with Crippen LogP contribution in [0.4, 0.5) is 5.82 Å². The molecule has 1 atom stereocenters. The number of nitrogens with zero attached hydrogens (tertiary/aromatic N) is 1. The lowest BCUT2D eigenvalue weighted by atomic mass is 10.1. The summed E-state index contributed by atoms with van der Waals surface area (Å²) in [6, 6.07) is 5.07. The van der Waals surface area contributed by atoms with Crippen LogP contribution in [-0.2, 0) is 6.42 Å². The van der Waals surface area contributed by atoms with Gasteiger partial charge >= 0.3 is 0 Å². The number of aromatic nitrogens is 1. The lowest BCUT2D eigenvalue weighted by Gasteiger charge is -2.09. The third-order valence-corrected chi connectivity index (χ3v) is 3.29. The van der Waals surface area contributed by atoms with Gasteiger partial charge in [-0.05, 0) is 26.0 Å². The number of fused-ring (bicyclic) bond motifs is 1. The number of halogens is 1. The minimum absolute atomic E-state index is 0.0457. The van der Waals surface area contributed by atoms with E-state index in [1.165, 1.54) is 0 Å². The molecule has 1 amide bonds. The molecule has 1 aromatic carbocycles. The van der Waals surface area contributed by atoms with Crippen LogP contribution in [0.2, 0.25) is 5.02 Å². The SMILES string of the molecule is Cc1cc(NC(=O)c2cc(Cl)cc3c2O[C@@H](C)C3)no1. The molecule has 2 aromatic rings. The Hall–Kier alpha value is -2.01. The molecule has 20 heavy (non-hydrogen) atoms. The van der Waals surface area contributed by atoms with Crippen LogP contribution in [0.25, 0.3) is 0 Å². The highest BCUT2D eigenvalue weighted by molar-refractivity contribution is 6.31. The highest BCUT2D eigenvalue weighted by Gasteiger charge is 2.26. The van der Waals surface area contributed by atoms with E-state index >= 15 is 0 Å². The van der Waals surface area contributed by atoms with Gasteiger partial charge in [-0.25, -0.2) is 0 Å². The minimum atomic E-state index is -0.314. The van der Waals surface area contributed by atoms with Gasteiger partial charge in [0.05, 0.1) is 5.56 Å². The Labute approximate surface area is 120 Å². The molecule has 0 saturated heterocycles. The molecule has 0 fully saturated rings. The summed E-state index contributed by atoms with van der Waals surface area (Å²) in [7, 11) is 0. The second kappa shape index (κ2) is 4.83. The minimum Gasteiger partial charge on any atom is -0.489 e. The van der Waals surface area contributed by atoms with Crippen LogP contribution in [0.3, 0.4) is 0 Å². The van der Waals surface area contributed by atoms with Gasteiger partial charge < -0.3 is 14.6 Å². The molecule has 0 unspecified atom stereocenters. The lowest BCUT2D eigenvalue weighted by Crippen LogP contribution is -2.14. The second-order valence-corrected chi connectivity index (χ2v) is 5.29. The van der Waals surface area contributed by atoms with Crippen molar-refractivity contribution < 1.29 is 14.1 Å². The fourth-order valence-corrected chi connectivity index (χ4v) is 2.51. The molecule has 0 bridgehead atoms. The molecule has 2 heterocycles. The molecule has 1 aliphatic rings. The van der Waals surface area contributed by atoms with Gasteiger partial charge in [0.2, 0.25) is 0 Å². The summed E-state index contributed by atoms with van der Waals surface area (Å²) >= 11 is 6.06. The monoisotopic (exact) mass is 292 g/mol. The maximum Gasteiger partial charge on any atom is 0.260 e. The average molecular weight is 293 g/mol. The van der Waals surface area contributed by atoms with Crippen molar-refractivity contribution in [1.29, 1.82) is 0 Å². The molecular weight excluding hydrogens is 280 g/mol. The van der Waals surface area contributed by atoms with Crippen molar-refractivity contribution in [2.24, 2.45) is 0 Å². The smallest absolute Gasteiger partial charge is 0.260 e. The molecule has 1 aromatic heterocycles. The molecule has 5 nitrogen and oxygen atoms in total. The summed E-state index contributed by atoms with van der Waals surface area (Å²) in [5.74, 6) is 1.28. The summed E-state index contributed by atoms with van der Waals surface area (Å²) in [5.41, 5.74) is 1.36. The van der Waals surface area contributed by atoms with Crippen molar-refractivity contribution >= 4 is 23.3 Å². The van der Waals surface area contributed by atoms with E-state index in [2.05, 4.69) is 10.5 Å². The molecule has 0 radical (unpaired) electrons. The summed E-state index contributed by atoms with van der Waals surface area (Å²) in [4.78, 5) is 12.3. The highest BCUT2D eigenvalue weighted by Crippen LogP contribution is 2.35. The number of hydrogen-bond acceptors (Lipinski definition) is 4. The van der Waals surface area contributed by atoms with Crippen molar-refractivity contribution in [1.82, 2.24) is 5.16 Å². The highest BCUT2D eigenvalue weighted by atomic mass is 35.5. The Morgan fingerprint density at radius 2 is 2.25 bits per heavy atom. The number of ether oxygens (including phenoxy) is 1. The first-order valence-corrected chi connectivity index (χ1v) is 6.64. The van der Waals surface area contributed by atoms with Crippen LogP contribution in [0.15, 0.2) is 22.7 Å². The normalized spacial score (nSPS) is 16.6. The van der Waals surface area contributed by atoms with E-state index in [-0.39, 0.29) is 12.0 Å². The van der Waals surface area contributed by atoms with Crippen LogP contribution >= 0.6 is 11.6 Å². The zero-order valence-electron chi connectivity index (χ0n) is 11.1. The van der Waals surface area contributed by atoms with E-state index in [1.807, 2.05) is 13.0 Å². The number of carbonyl (C=O) groups is 1. The van der Waals surface area contributed by atoms with Gasteiger partial charge in [-0.15, -0.1) is 0 Å². The fraction of sp³-hybridized carbons (Fsp3) is 0.286. The van der Waals surface area contributed by atoms with Crippen LogP contribution < -0.4 is 10.1 Å². The van der Waals surface area contributed by atoms with E-state index in [1.54, 1.807) is 19.1 Å². The molecule has 0 spiro atoms. The first-order valence-electron chi connectivity index (χ1n) is 6.26. The molecule has 0 aliphatic carbocycles. The number of anilines is 1. The Morgan fingerprint density at radius 1 is 1.45 bits per heavy atom. The second-order valence-electron chi connectivity index (χ2n) is 4.85. The van der Waals surface area contributed by atoms with Gasteiger partial charge in [-0.3, -0.25) is 4.79 Å². The van der Waals surface area contributed by atoms with Gasteiger partial charge in [-0.2, -0.15) is 0 Å². The molecule has 6 heteroatoms. The van der Waals surface area contributed by atoms with Crippen LogP contribution in [-0.4, -0.2) is 17.2 Å². The topological polar surface area (TPSA) is 64.4 Å². The lowest BCUT2D eigenvalue weighted by molar-refractivity contribution is 0.102. The zero-order chi connectivity index (χ0) is 14.3. The van der Waals surface area contributed by atoms with Crippen LogP contribution in [0.5, 0.6) is 5.75 Å². The van der Waals surface area contributed by atoms with Gasteiger partial charge in [0.15, 0.2) is 5.82 Å². The molecule has 1 aliphatic heterocycles. The number of aryl methyl sites for hydroxylation is 1. The average Bonchev–Trinajstić information content (AvgIpc) is 2.93. The van der Waals surface area contributed by atoms with E-state index in [4.69, 9.17) is 20.9 Å². The third kappa shape index (κ3) is 2.36. The molecular formula is C14H13ClN2O3. The predicted molar refractivity (Wildman–Crippen MR) is 74.4 cm³/mol. The first-order chi connectivity index (χ1) is 9.52. The van der Waals surface area contributed by atoms with E-state index < -0.39 is 0 Å². The Morgan fingerprint density at radius 3 is 2.95 bits per heavy atom. The van der Waals surface area contributed by atoms with E-state index in [9.17, 15) is 4.79 Å². The standard InChI is InChI=1S/C14H13ClN2O3/c1-7-3-9-5-10(15)6-11(13(9)19-7)14(18)16-12-4-8(2)20-17-12/h4-7H,3H2,1-2H3,(H,16,17,18)/t7-/m0/s1.